The van der Waals surface area contributed by atoms with Crippen molar-refractivity contribution in [3.8, 4) is 5.75 Å². The summed E-state index contributed by atoms with van der Waals surface area (Å²) in [7, 11) is 0. The molecule has 1 N–H and O–H groups in total. The third-order valence-corrected chi connectivity index (χ3v) is 5.03. The fraction of sp³-hybridized carbons (Fsp3) is 0.0909. The Kier molecular flexibility index (Phi) is 4.29. The van der Waals surface area contributed by atoms with Gasteiger partial charge in [0, 0.05) is 10.0 Å². The molecular weight excluding hydrogens is 351 g/mol. The van der Waals surface area contributed by atoms with Gasteiger partial charge in [0.2, 0.25) is 0 Å². The predicted octanol–water partition coefficient (Wildman–Crippen LogP) is 6.39. The number of fused-ring (bicyclic) bond motifs is 2. The first-order valence-corrected chi connectivity index (χ1v) is 8.94. The van der Waals surface area contributed by atoms with Crippen molar-refractivity contribution < 1.29 is 5.11 Å². The number of aromatic hydroxyl groups is 1. The highest BCUT2D eigenvalue weighted by atomic mass is 35.5. The second-order valence-electron chi connectivity index (χ2n) is 6.26. The SMILES string of the molecule is Oc1cccc(C=C2c3ccc(Cl)cc3CCc3cc(Cl)ccc32)c1. The Labute approximate surface area is 157 Å². The first-order valence-electron chi connectivity index (χ1n) is 8.18. The average Bonchev–Trinajstić information content (AvgIpc) is 2.72. The van der Waals surface area contributed by atoms with Crippen LogP contribution in [0.4, 0.5) is 0 Å². The quantitative estimate of drug-likeness (QED) is 0.529. The number of hydrogen-bond acceptors (Lipinski definition) is 1. The van der Waals surface area contributed by atoms with Gasteiger partial charge in [0.1, 0.15) is 5.75 Å². The molecule has 0 unspecified atom stereocenters. The molecule has 0 spiro atoms. The van der Waals surface area contributed by atoms with Crippen molar-refractivity contribution in [3.05, 3.63) is 98.5 Å². The molecule has 1 nitrogen and oxygen atoms in total. The number of phenolic OH excluding ortho intramolecular Hbond substituents is 1. The summed E-state index contributed by atoms with van der Waals surface area (Å²) in [5, 5.41) is 11.3. The Hall–Kier alpha value is -2.22. The van der Waals surface area contributed by atoms with Crippen LogP contribution in [0.2, 0.25) is 10.0 Å². The van der Waals surface area contributed by atoms with Crippen LogP contribution < -0.4 is 0 Å². The van der Waals surface area contributed by atoms with Gasteiger partial charge in [-0.05, 0) is 88.7 Å². The van der Waals surface area contributed by atoms with E-state index in [4.69, 9.17) is 23.2 Å². The van der Waals surface area contributed by atoms with E-state index >= 15 is 0 Å². The molecule has 3 heteroatoms. The highest BCUT2D eigenvalue weighted by Gasteiger charge is 2.19. The van der Waals surface area contributed by atoms with Crippen LogP contribution in [-0.4, -0.2) is 5.11 Å². The molecule has 124 valence electrons. The molecule has 0 saturated carbocycles. The average molecular weight is 367 g/mol. The molecule has 3 aromatic rings. The normalized spacial score (nSPS) is 13.0. The third kappa shape index (κ3) is 3.30. The summed E-state index contributed by atoms with van der Waals surface area (Å²) in [6, 6.07) is 19.4. The molecular formula is C22H16Cl2O. The Bertz CT molecular complexity index is 934. The van der Waals surface area contributed by atoms with E-state index in [1.807, 2.05) is 36.4 Å². The van der Waals surface area contributed by atoms with E-state index < -0.39 is 0 Å². The fourth-order valence-electron chi connectivity index (χ4n) is 3.41. The van der Waals surface area contributed by atoms with Gasteiger partial charge in [-0.15, -0.1) is 0 Å². The van der Waals surface area contributed by atoms with Crippen molar-refractivity contribution in [1.29, 1.82) is 0 Å². The van der Waals surface area contributed by atoms with Crippen LogP contribution in [0.1, 0.15) is 27.8 Å². The van der Waals surface area contributed by atoms with Gasteiger partial charge in [-0.1, -0.05) is 47.5 Å². The van der Waals surface area contributed by atoms with E-state index in [1.54, 1.807) is 12.1 Å². The maximum Gasteiger partial charge on any atom is 0.116 e. The Morgan fingerprint density at radius 3 is 1.92 bits per heavy atom. The second kappa shape index (κ2) is 6.59. The smallest absolute Gasteiger partial charge is 0.116 e. The Morgan fingerprint density at radius 2 is 1.36 bits per heavy atom. The van der Waals surface area contributed by atoms with E-state index in [1.165, 1.54) is 22.3 Å². The number of benzene rings is 3. The van der Waals surface area contributed by atoms with Gasteiger partial charge in [-0.3, -0.25) is 0 Å². The standard InChI is InChI=1S/C22H16Cl2O/c23-17-6-8-20-15(12-17)4-5-16-13-18(24)7-9-21(16)22(20)11-14-2-1-3-19(25)10-14/h1-3,6-13,25H,4-5H2. The lowest BCUT2D eigenvalue weighted by molar-refractivity contribution is 0.475. The Morgan fingerprint density at radius 1 is 0.760 bits per heavy atom. The molecule has 1 aliphatic carbocycles. The highest BCUT2D eigenvalue weighted by molar-refractivity contribution is 6.31. The van der Waals surface area contributed by atoms with Gasteiger partial charge < -0.3 is 5.11 Å². The molecule has 3 aromatic carbocycles. The van der Waals surface area contributed by atoms with Crippen LogP contribution in [0.3, 0.4) is 0 Å². The number of aryl methyl sites for hydroxylation is 2. The van der Waals surface area contributed by atoms with Gasteiger partial charge in [-0.2, -0.15) is 0 Å². The fourth-order valence-corrected chi connectivity index (χ4v) is 3.80. The zero-order chi connectivity index (χ0) is 17.4. The number of hydrogen-bond donors (Lipinski definition) is 1. The molecule has 0 amide bonds. The zero-order valence-electron chi connectivity index (χ0n) is 13.5. The highest BCUT2D eigenvalue weighted by Crippen LogP contribution is 2.37. The molecule has 0 radical (unpaired) electrons. The van der Waals surface area contributed by atoms with Crippen molar-refractivity contribution in [3.63, 3.8) is 0 Å². The number of phenols is 1. The van der Waals surface area contributed by atoms with Crippen LogP contribution in [0.25, 0.3) is 11.6 Å². The summed E-state index contributed by atoms with van der Waals surface area (Å²) in [6.45, 7) is 0. The van der Waals surface area contributed by atoms with Gasteiger partial charge >= 0.3 is 0 Å². The monoisotopic (exact) mass is 366 g/mol. The topological polar surface area (TPSA) is 20.2 Å². The van der Waals surface area contributed by atoms with Crippen molar-refractivity contribution in [2.24, 2.45) is 0 Å². The van der Waals surface area contributed by atoms with Crippen molar-refractivity contribution >= 4 is 34.9 Å². The van der Waals surface area contributed by atoms with Crippen molar-refractivity contribution in [2.75, 3.05) is 0 Å². The second-order valence-corrected chi connectivity index (χ2v) is 7.13. The number of halogens is 2. The largest absolute Gasteiger partial charge is 0.508 e. The molecule has 25 heavy (non-hydrogen) atoms. The maximum absolute atomic E-state index is 9.80. The van der Waals surface area contributed by atoms with Gasteiger partial charge in [0.15, 0.2) is 0 Å². The number of rotatable bonds is 1. The van der Waals surface area contributed by atoms with Gasteiger partial charge in [0.25, 0.3) is 0 Å². The van der Waals surface area contributed by atoms with E-state index in [9.17, 15) is 5.11 Å². The summed E-state index contributed by atoms with van der Waals surface area (Å²) >= 11 is 12.4. The lowest BCUT2D eigenvalue weighted by Crippen LogP contribution is -1.92. The molecule has 4 rings (SSSR count). The van der Waals surface area contributed by atoms with Crippen LogP contribution >= 0.6 is 23.2 Å². The minimum Gasteiger partial charge on any atom is -0.508 e. The van der Waals surface area contributed by atoms with Crippen LogP contribution in [0.5, 0.6) is 5.75 Å². The maximum atomic E-state index is 9.80. The van der Waals surface area contributed by atoms with E-state index in [-0.39, 0.29) is 5.75 Å². The molecule has 0 bridgehead atoms. The minimum absolute atomic E-state index is 0.260. The van der Waals surface area contributed by atoms with Crippen LogP contribution in [0, 0.1) is 0 Å². The van der Waals surface area contributed by atoms with Gasteiger partial charge in [0.05, 0.1) is 0 Å². The summed E-state index contributed by atoms with van der Waals surface area (Å²) in [4.78, 5) is 0. The molecule has 0 atom stereocenters. The summed E-state index contributed by atoms with van der Waals surface area (Å²) in [5.41, 5.74) is 6.89. The lowest BCUT2D eigenvalue weighted by Gasteiger charge is -2.13. The molecule has 0 fully saturated rings. The van der Waals surface area contributed by atoms with E-state index in [2.05, 4.69) is 18.2 Å². The van der Waals surface area contributed by atoms with Crippen LogP contribution in [0.15, 0.2) is 60.7 Å². The molecule has 0 aromatic heterocycles. The predicted molar refractivity (Wildman–Crippen MR) is 105 cm³/mol. The molecule has 0 heterocycles. The van der Waals surface area contributed by atoms with Gasteiger partial charge in [-0.25, -0.2) is 0 Å². The Balaban J connectivity index is 1.97. The van der Waals surface area contributed by atoms with Crippen molar-refractivity contribution in [2.45, 2.75) is 12.8 Å². The van der Waals surface area contributed by atoms with Crippen molar-refractivity contribution in [1.82, 2.24) is 0 Å². The first-order chi connectivity index (χ1) is 12.1. The van der Waals surface area contributed by atoms with E-state index in [0.29, 0.717) is 0 Å². The van der Waals surface area contributed by atoms with Crippen LogP contribution in [-0.2, 0) is 12.8 Å². The summed E-state index contributed by atoms with van der Waals surface area (Å²) in [6.07, 6.45) is 3.95. The minimum atomic E-state index is 0.260. The molecule has 0 saturated heterocycles. The first kappa shape index (κ1) is 16.3. The zero-order valence-corrected chi connectivity index (χ0v) is 15.0. The lowest BCUT2D eigenvalue weighted by atomic mass is 9.92. The summed E-state index contributed by atoms with van der Waals surface area (Å²) < 4.78 is 0. The summed E-state index contributed by atoms with van der Waals surface area (Å²) in [5.74, 6) is 0.260. The molecule has 0 aliphatic heterocycles. The van der Waals surface area contributed by atoms with E-state index in [0.717, 1.165) is 34.0 Å². The third-order valence-electron chi connectivity index (χ3n) is 4.56. The molecule has 1 aliphatic rings.